The summed E-state index contributed by atoms with van der Waals surface area (Å²) in [5, 5.41) is 0. The molecule has 1 unspecified atom stereocenters. The fourth-order valence-electron chi connectivity index (χ4n) is 1.67. The normalized spacial score (nSPS) is 22.2. The van der Waals surface area contributed by atoms with Crippen LogP contribution in [0.4, 0.5) is 0 Å². The number of halogens is 1. The van der Waals surface area contributed by atoms with Crippen LogP contribution in [0.1, 0.15) is 36.3 Å². The van der Waals surface area contributed by atoms with Gasteiger partial charge >= 0.3 is 0 Å². The Bertz CT molecular complexity index is 269. The molecule has 2 rings (SSSR count). The van der Waals surface area contributed by atoms with E-state index >= 15 is 0 Å². The smallest absolute Gasteiger partial charge is 0.159 e. The van der Waals surface area contributed by atoms with Crippen LogP contribution < -0.4 is 0 Å². The molecule has 0 saturated carbocycles. The Balaban J connectivity index is 2.37. The van der Waals surface area contributed by atoms with Gasteiger partial charge in [0.15, 0.2) is 3.92 Å². The highest BCUT2D eigenvalue weighted by Crippen LogP contribution is 2.39. The maximum Gasteiger partial charge on any atom is 0.159 e. The van der Waals surface area contributed by atoms with Crippen molar-refractivity contribution in [2.45, 2.75) is 32.1 Å². The average Bonchev–Trinajstić information content (AvgIpc) is 2.45. The van der Waals surface area contributed by atoms with Gasteiger partial charge in [-0.3, -0.25) is 0 Å². The molecule has 3 heteroatoms. The van der Waals surface area contributed by atoms with E-state index in [2.05, 4.69) is 27.8 Å². The summed E-state index contributed by atoms with van der Waals surface area (Å²) in [5.41, 5.74) is 1.37. The highest BCUT2D eigenvalue weighted by molar-refractivity contribution is 9.11. The van der Waals surface area contributed by atoms with Crippen LogP contribution in [0.2, 0.25) is 0 Å². The molecule has 1 aliphatic carbocycles. The number of fused-ring (bicyclic) bond motifs is 1. The fraction of sp³-hybridized carbons (Fsp3) is 0.625. The van der Waals surface area contributed by atoms with Gasteiger partial charge < -0.3 is 0 Å². The summed E-state index contributed by atoms with van der Waals surface area (Å²) in [5.74, 6) is 0.743. The third kappa shape index (κ3) is 1.25. The van der Waals surface area contributed by atoms with Crippen LogP contribution in [0.3, 0.4) is 0 Å². The van der Waals surface area contributed by atoms with E-state index in [1.165, 1.54) is 29.8 Å². The number of hydrogen-bond donors (Lipinski definition) is 0. The second-order valence-electron chi connectivity index (χ2n) is 2.92. The van der Waals surface area contributed by atoms with Gasteiger partial charge in [0.25, 0.3) is 0 Å². The zero-order valence-corrected chi connectivity index (χ0v) is 8.83. The van der Waals surface area contributed by atoms with Gasteiger partial charge in [0.1, 0.15) is 0 Å². The molecule has 0 aliphatic heterocycles. The van der Waals surface area contributed by atoms with Crippen molar-refractivity contribution < 1.29 is 0 Å². The van der Waals surface area contributed by atoms with E-state index < -0.39 is 0 Å². The zero-order valence-electron chi connectivity index (χ0n) is 6.43. The molecule has 11 heavy (non-hydrogen) atoms. The van der Waals surface area contributed by atoms with Crippen molar-refractivity contribution >= 4 is 27.3 Å². The van der Waals surface area contributed by atoms with E-state index in [4.69, 9.17) is 0 Å². The van der Waals surface area contributed by atoms with Crippen LogP contribution >= 0.6 is 27.3 Å². The number of rotatable bonds is 1. The molecular formula is C8H10BrNS. The molecule has 0 saturated heterocycles. The maximum absolute atomic E-state index is 4.48. The predicted octanol–water partition coefficient (Wildman–Crippen LogP) is 3.35. The summed E-state index contributed by atoms with van der Waals surface area (Å²) in [7, 11) is 0. The summed E-state index contributed by atoms with van der Waals surface area (Å²) < 4.78 is 1.06. The minimum Gasteiger partial charge on any atom is -0.234 e. The summed E-state index contributed by atoms with van der Waals surface area (Å²) in [6.45, 7) is 2.24. The third-order valence-corrected chi connectivity index (χ3v) is 3.88. The lowest BCUT2D eigenvalue weighted by atomic mass is 10.1. The number of nitrogens with zero attached hydrogens (tertiary/aromatic N) is 1. The molecule has 1 heterocycles. The molecule has 0 bridgehead atoms. The van der Waals surface area contributed by atoms with Crippen molar-refractivity contribution in [2.24, 2.45) is 0 Å². The molecule has 0 N–H and O–H groups in total. The molecule has 1 aromatic rings. The first-order valence-electron chi connectivity index (χ1n) is 3.96. The molecule has 0 aromatic carbocycles. The SMILES string of the molecule is CCC1CCc2sc(Br)nc21. The lowest BCUT2D eigenvalue weighted by Gasteiger charge is -2.02. The molecule has 0 amide bonds. The minimum absolute atomic E-state index is 0.743. The molecule has 0 radical (unpaired) electrons. The zero-order chi connectivity index (χ0) is 7.84. The lowest BCUT2D eigenvalue weighted by Crippen LogP contribution is -1.90. The summed E-state index contributed by atoms with van der Waals surface area (Å²) in [6.07, 6.45) is 3.80. The fourth-order valence-corrected chi connectivity index (χ4v) is 3.33. The first kappa shape index (κ1) is 7.74. The van der Waals surface area contributed by atoms with Crippen LogP contribution in [0.25, 0.3) is 0 Å². The van der Waals surface area contributed by atoms with Crippen molar-refractivity contribution in [1.82, 2.24) is 4.98 Å². The molecule has 0 spiro atoms. The number of hydrogen-bond acceptors (Lipinski definition) is 2. The Hall–Kier alpha value is 0.110. The van der Waals surface area contributed by atoms with Gasteiger partial charge in [0.05, 0.1) is 5.69 Å². The average molecular weight is 232 g/mol. The minimum atomic E-state index is 0.743. The Morgan fingerprint density at radius 2 is 2.55 bits per heavy atom. The van der Waals surface area contributed by atoms with E-state index in [9.17, 15) is 0 Å². The van der Waals surface area contributed by atoms with E-state index in [1.807, 2.05) is 0 Å². The highest BCUT2D eigenvalue weighted by atomic mass is 79.9. The first-order valence-corrected chi connectivity index (χ1v) is 5.57. The van der Waals surface area contributed by atoms with Gasteiger partial charge in [-0.2, -0.15) is 0 Å². The number of aromatic nitrogens is 1. The first-order chi connectivity index (χ1) is 5.31. The van der Waals surface area contributed by atoms with Crippen molar-refractivity contribution in [2.75, 3.05) is 0 Å². The molecule has 1 aliphatic rings. The van der Waals surface area contributed by atoms with Gasteiger partial charge in [-0.05, 0) is 35.2 Å². The molecule has 1 nitrogen and oxygen atoms in total. The largest absolute Gasteiger partial charge is 0.234 e. The van der Waals surface area contributed by atoms with Gasteiger partial charge in [-0.15, -0.1) is 11.3 Å². The van der Waals surface area contributed by atoms with Crippen LogP contribution in [-0.4, -0.2) is 4.98 Å². The molecule has 1 atom stereocenters. The van der Waals surface area contributed by atoms with Crippen LogP contribution in [-0.2, 0) is 6.42 Å². The van der Waals surface area contributed by atoms with Gasteiger partial charge in [-0.25, -0.2) is 4.98 Å². The Morgan fingerprint density at radius 1 is 1.73 bits per heavy atom. The van der Waals surface area contributed by atoms with Gasteiger partial charge in [-0.1, -0.05) is 6.92 Å². The lowest BCUT2D eigenvalue weighted by molar-refractivity contribution is 0.642. The number of thiazole rings is 1. The summed E-state index contributed by atoms with van der Waals surface area (Å²) in [4.78, 5) is 5.98. The quantitative estimate of drug-likeness (QED) is 0.723. The standard InChI is InChI=1S/C8H10BrNS/c1-2-5-3-4-6-7(5)10-8(9)11-6/h5H,2-4H2,1H3. The monoisotopic (exact) mass is 231 g/mol. The van der Waals surface area contributed by atoms with Crippen molar-refractivity contribution in [3.8, 4) is 0 Å². The topological polar surface area (TPSA) is 12.9 Å². The summed E-state index contributed by atoms with van der Waals surface area (Å²) >= 11 is 5.22. The Morgan fingerprint density at radius 3 is 3.27 bits per heavy atom. The molecule has 1 aromatic heterocycles. The molecule has 0 fully saturated rings. The van der Waals surface area contributed by atoms with Crippen molar-refractivity contribution in [1.29, 1.82) is 0 Å². The third-order valence-electron chi connectivity index (χ3n) is 2.30. The maximum atomic E-state index is 4.48. The van der Waals surface area contributed by atoms with Crippen LogP contribution in [0.5, 0.6) is 0 Å². The predicted molar refractivity (Wildman–Crippen MR) is 51.2 cm³/mol. The second kappa shape index (κ2) is 2.87. The van der Waals surface area contributed by atoms with Crippen LogP contribution in [0.15, 0.2) is 3.92 Å². The van der Waals surface area contributed by atoms with Gasteiger partial charge in [0, 0.05) is 10.8 Å². The van der Waals surface area contributed by atoms with E-state index in [0.29, 0.717) is 0 Å². The molecule has 60 valence electrons. The number of aryl methyl sites for hydroxylation is 1. The second-order valence-corrected chi connectivity index (χ2v) is 5.28. The summed E-state index contributed by atoms with van der Waals surface area (Å²) in [6, 6.07) is 0. The van der Waals surface area contributed by atoms with E-state index in [0.717, 1.165) is 9.83 Å². The van der Waals surface area contributed by atoms with E-state index in [1.54, 1.807) is 11.3 Å². The molecular weight excluding hydrogens is 222 g/mol. The highest BCUT2D eigenvalue weighted by Gasteiger charge is 2.24. The Kier molecular flexibility index (Phi) is 2.02. The van der Waals surface area contributed by atoms with Crippen LogP contribution in [0, 0.1) is 0 Å². The Labute approximate surface area is 79.0 Å². The van der Waals surface area contributed by atoms with Gasteiger partial charge in [0.2, 0.25) is 0 Å². The van der Waals surface area contributed by atoms with E-state index in [-0.39, 0.29) is 0 Å². The van der Waals surface area contributed by atoms with Crippen molar-refractivity contribution in [3.05, 3.63) is 14.5 Å². The van der Waals surface area contributed by atoms with Crippen molar-refractivity contribution in [3.63, 3.8) is 0 Å².